The van der Waals surface area contributed by atoms with Crippen molar-refractivity contribution >= 4 is 18.2 Å². The van der Waals surface area contributed by atoms with E-state index >= 15 is 0 Å². The molecule has 182 valence electrons. The average molecular weight is 471 g/mol. The van der Waals surface area contributed by atoms with Gasteiger partial charge >= 0.3 is 18.2 Å². The predicted octanol–water partition coefficient (Wildman–Crippen LogP) is 5.04. The van der Waals surface area contributed by atoms with E-state index in [1.807, 2.05) is 30.3 Å². The number of unbranched alkanes of at least 4 members (excludes halogenated alkanes) is 1. The average Bonchev–Trinajstić information content (AvgIpc) is 3.14. The van der Waals surface area contributed by atoms with Gasteiger partial charge < -0.3 is 20.1 Å². The lowest BCUT2D eigenvalue weighted by molar-refractivity contribution is -0.131. The molecule has 2 aromatic carbocycles. The molecule has 2 aromatic rings. The first-order valence-corrected chi connectivity index (χ1v) is 11.4. The van der Waals surface area contributed by atoms with Crippen molar-refractivity contribution in [2.24, 2.45) is 0 Å². The molecule has 0 fully saturated rings. The van der Waals surface area contributed by atoms with Crippen LogP contribution in [0.1, 0.15) is 56.7 Å². The molecular weight excluding hydrogens is 439 g/mol. The number of amides is 2. The van der Waals surface area contributed by atoms with Crippen molar-refractivity contribution in [2.75, 3.05) is 6.54 Å². The van der Waals surface area contributed by atoms with E-state index in [1.54, 1.807) is 20.8 Å². The lowest BCUT2D eigenvalue weighted by Gasteiger charge is -2.19. The third-order valence-electron chi connectivity index (χ3n) is 5.46. The number of fused-ring (bicyclic) bond motifs is 3. The predicted molar refractivity (Wildman–Crippen MR) is 126 cm³/mol. The summed E-state index contributed by atoms with van der Waals surface area (Å²) in [5, 5.41) is 4.90. The highest BCUT2D eigenvalue weighted by atomic mass is 19.1. The van der Waals surface area contributed by atoms with Crippen LogP contribution in [0.25, 0.3) is 11.1 Å². The Bertz CT molecular complexity index is 1050. The van der Waals surface area contributed by atoms with Crippen molar-refractivity contribution in [3.05, 3.63) is 59.2 Å². The first-order chi connectivity index (χ1) is 16.1. The maximum absolute atomic E-state index is 13.4. The molecule has 0 spiro atoms. The van der Waals surface area contributed by atoms with E-state index in [2.05, 4.69) is 22.8 Å². The molecule has 0 unspecified atom stereocenters. The molecular formula is C26H31FN2O5. The first-order valence-electron chi connectivity index (χ1n) is 11.4. The third-order valence-corrected chi connectivity index (χ3v) is 5.46. The van der Waals surface area contributed by atoms with Crippen molar-refractivity contribution in [1.29, 1.82) is 0 Å². The van der Waals surface area contributed by atoms with Crippen molar-refractivity contribution in [1.82, 2.24) is 10.6 Å². The largest absolute Gasteiger partial charge is 0.445 e. The molecule has 0 saturated heterocycles. The van der Waals surface area contributed by atoms with Gasteiger partial charge in [0.1, 0.15) is 18.2 Å². The van der Waals surface area contributed by atoms with Crippen molar-refractivity contribution in [3.63, 3.8) is 0 Å². The van der Waals surface area contributed by atoms with Crippen LogP contribution in [0.5, 0.6) is 0 Å². The Hall–Kier alpha value is -3.42. The van der Waals surface area contributed by atoms with Gasteiger partial charge in [-0.3, -0.25) is 4.79 Å². The van der Waals surface area contributed by atoms with E-state index in [0.717, 1.165) is 23.1 Å². The maximum Gasteiger partial charge on any atom is 0.408 e. The highest BCUT2D eigenvalue weighted by molar-refractivity contribution is 5.81. The normalized spacial score (nSPS) is 12.8. The number of halogens is 1. The standard InChI is InChI=1S/C26H31FN2O5/c1-26(2,3)34-24(31)28-14-7-6-13-22(23(27)30)29-25(32)33-16-18-10-8-12-20-19-11-5-4-9-17(19)15-21(18)20/h4-5,8-12,22H,6-7,13-16H2,1-3H3,(H,28,31)(H,29,32)/t22-/m0/s1. The quantitative estimate of drug-likeness (QED) is 0.337. The number of hydrogen-bond acceptors (Lipinski definition) is 5. The van der Waals surface area contributed by atoms with Crippen LogP contribution in [0.4, 0.5) is 14.0 Å². The number of benzene rings is 2. The zero-order valence-corrected chi connectivity index (χ0v) is 19.8. The molecule has 1 atom stereocenters. The minimum absolute atomic E-state index is 0.0238. The van der Waals surface area contributed by atoms with Crippen LogP contribution in [-0.2, 0) is 27.3 Å². The lowest BCUT2D eigenvalue weighted by Crippen LogP contribution is -2.39. The highest BCUT2D eigenvalue weighted by Crippen LogP contribution is 2.38. The summed E-state index contributed by atoms with van der Waals surface area (Å²) in [4.78, 5) is 35.2. The van der Waals surface area contributed by atoms with Gasteiger partial charge in [-0.2, -0.15) is 4.39 Å². The van der Waals surface area contributed by atoms with Crippen LogP contribution in [0.3, 0.4) is 0 Å². The van der Waals surface area contributed by atoms with Crippen LogP contribution >= 0.6 is 0 Å². The molecule has 3 rings (SSSR count). The first kappa shape index (κ1) is 25.2. The number of nitrogens with one attached hydrogen (secondary N) is 2. The van der Waals surface area contributed by atoms with Crippen molar-refractivity contribution in [3.8, 4) is 11.1 Å². The third kappa shape index (κ3) is 7.04. The fourth-order valence-corrected chi connectivity index (χ4v) is 3.91. The number of carbonyl (C=O) groups excluding carboxylic acids is 3. The Morgan fingerprint density at radius 1 is 1.00 bits per heavy atom. The molecule has 0 saturated carbocycles. The van der Waals surface area contributed by atoms with Gasteiger partial charge in [0.15, 0.2) is 0 Å². The van der Waals surface area contributed by atoms with Gasteiger partial charge in [0.25, 0.3) is 0 Å². The van der Waals surface area contributed by atoms with Crippen molar-refractivity contribution < 1.29 is 28.2 Å². The number of ether oxygens (including phenoxy) is 2. The summed E-state index contributed by atoms with van der Waals surface area (Å²) in [6.45, 7) is 5.63. The Balaban J connectivity index is 1.44. The molecule has 0 aromatic heterocycles. The van der Waals surface area contributed by atoms with Crippen LogP contribution in [0.2, 0.25) is 0 Å². The molecule has 7 nitrogen and oxygen atoms in total. The van der Waals surface area contributed by atoms with E-state index in [4.69, 9.17) is 9.47 Å². The van der Waals surface area contributed by atoms with Crippen LogP contribution in [0.15, 0.2) is 42.5 Å². The van der Waals surface area contributed by atoms with E-state index in [-0.39, 0.29) is 13.0 Å². The molecule has 1 aliphatic carbocycles. The molecule has 34 heavy (non-hydrogen) atoms. The Kier molecular flexibility index (Phi) is 8.26. The van der Waals surface area contributed by atoms with Gasteiger partial charge in [0.05, 0.1) is 0 Å². The molecule has 2 N–H and O–H groups in total. The molecule has 0 heterocycles. The number of carbonyl (C=O) groups is 3. The summed E-state index contributed by atoms with van der Waals surface area (Å²) in [5.74, 6) is 0. The zero-order chi connectivity index (χ0) is 24.7. The van der Waals surface area contributed by atoms with E-state index in [9.17, 15) is 18.8 Å². The monoisotopic (exact) mass is 470 g/mol. The van der Waals surface area contributed by atoms with Gasteiger partial charge in [0.2, 0.25) is 0 Å². The second-order valence-electron chi connectivity index (χ2n) is 9.28. The Labute approximate surface area is 199 Å². The minimum Gasteiger partial charge on any atom is -0.445 e. The summed E-state index contributed by atoms with van der Waals surface area (Å²) in [6.07, 6.45) is 0.377. The topological polar surface area (TPSA) is 93.7 Å². The van der Waals surface area contributed by atoms with Gasteiger partial charge in [-0.15, -0.1) is 0 Å². The highest BCUT2D eigenvalue weighted by Gasteiger charge is 2.23. The summed E-state index contributed by atoms with van der Waals surface area (Å²) < 4.78 is 23.9. The lowest BCUT2D eigenvalue weighted by atomic mass is 10.0. The second-order valence-corrected chi connectivity index (χ2v) is 9.28. The summed E-state index contributed by atoms with van der Waals surface area (Å²) >= 11 is 0. The van der Waals surface area contributed by atoms with E-state index < -0.39 is 29.9 Å². The van der Waals surface area contributed by atoms with Crippen LogP contribution in [-0.4, -0.2) is 36.4 Å². The molecule has 1 aliphatic rings. The smallest absolute Gasteiger partial charge is 0.408 e. The van der Waals surface area contributed by atoms with Gasteiger partial charge in [-0.25, -0.2) is 9.59 Å². The van der Waals surface area contributed by atoms with Gasteiger partial charge in [0, 0.05) is 6.54 Å². The minimum atomic E-state index is -1.63. The van der Waals surface area contributed by atoms with Gasteiger partial charge in [-0.1, -0.05) is 42.5 Å². The zero-order valence-electron chi connectivity index (χ0n) is 19.8. The number of hydrogen-bond donors (Lipinski definition) is 2. The number of rotatable bonds is 9. The maximum atomic E-state index is 13.4. The molecule has 0 bridgehead atoms. The molecule has 0 radical (unpaired) electrons. The Morgan fingerprint density at radius 3 is 2.47 bits per heavy atom. The second kappa shape index (κ2) is 11.1. The fourth-order valence-electron chi connectivity index (χ4n) is 3.91. The van der Waals surface area contributed by atoms with Crippen LogP contribution in [0, 0.1) is 0 Å². The summed E-state index contributed by atoms with van der Waals surface area (Å²) in [7, 11) is 0. The Morgan fingerprint density at radius 2 is 1.74 bits per heavy atom. The summed E-state index contributed by atoms with van der Waals surface area (Å²) in [5.41, 5.74) is 4.90. The molecule has 8 heteroatoms. The van der Waals surface area contributed by atoms with E-state index in [1.165, 1.54) is 11.1 Å². The van der Waals surface area contributed by atoms with Crippen molar-refractivity contribution in [2.45, 2.75) is 64.7 Å². The summed E-state index contributed by atoms with van der Waals surface area (Å²) in [6, 6.07) is 11.1. The molecule has 2 amide bonds. The number of alkyl carbamates (subject to hydrolysis) is 2. The van der Waals surface area contributed by atoms with E-state index in [0.29, 0.717) is 19.4 Å². The van der Waals surface area contributed by atoms with Crippen LogP contribution < -0.4 is 10.6 Å². The fraction of sp³-hybridized carbons (Fsp3) is 0.423. The molecule has 0 aliphatic heterocycles. The SMILES string of the molecule is CC(C)(C)OC(=O)NCCCC[C@H](NC(=O)OCc1cccc2c1Cc1ccccc1-2)C(=O)F. The van der Waals surface area contributed by atoms with Gasteiger partial charge in [-0.05, 0) is 74.3 Å².